The standard InChI is InChI=1S/C18H17F2N5O3/c1-9-12(18(27)23-14-5-4-13(19)17(20)16(9)14)6-15(26)22-8-11-3-2-10(7-21)24-25(11)28/h4-5,10-11H,2-3,6,8H2,1H3,(H2-,22,23,24,26,27,28)/p+1. The number of fused-ring (bicyclic) bond motifs is 1. The average molecular weight is 390 g/mol. The molecular formula is C18H18F2N5O3+. The summed E-state index contributed by atoms with van der Waals surface area (Å²) in [5.41, 5.74) is 2.27. The smallest absolute Gasteiger partial charge is 0.252 e. The second-order valence-electron chi connectivity index (χ2n) is 6.69. The quantitative estimate of drug-likeness (QED) is 0.676. The Labute approximate surface area is 158 Å². The lowest BCUT2D eigenvalue weighted by atomic mass is 10.0. The summed E-state index contributed by atoms with van der Waals surface area (Å²) in [6.07, 6.45) is 0.562. The maximum Gasteiger partial charge on any atom is 0.252 e. The zero-order valence-corrected chi connectivity index (χ0v) is 15.0. The highest BCUT2D eigenvalue weighted by molar-refractivity contribution is 5.86. The van der Waals surface area contributed by atoms with Crippen molar-refractivity contribution in [1.29, 1.82) is 5.26 Å². The number of nitriles is 1. The van der Waals surface area contributed by atoms with E-state index in [1.165, 1.54) is 13.0 Å². The highest BCUT2D eigenvalue weighted by Gasteiger charge is 2.35. The Balaban J connectivity index is 1.73. The van der Waals surface area contributed by atoms with Crippen molar-refractivity contribution in [1.82, 2.24) is 15.7 Å². The van der Waals surface area contributed by atoms with Crippen molar-refractivity contribution in [3.8, 4) is 6.07 Å². The van der Waals surface area contributed by atoms with E-state index in [1.807, 2.05) is 6.07 Å². The van der Waals surface area contributed by atoms with Gasteiger partial charge in [-0.25, -0.2) is 8.78 Å². The molecule has 8 nitrogen and oxygen atoms in total. The van der Waals surface area contributed by atoms with Crippen LogP contribution in [-0.4, -0.2) is 34.4 Å². The SMILES string of the molecule is Cc1c(CC(=O)NCC2CCC(C#N)N[N+]2=O)c(=O)[nH]c2ccc(F)c(F)c12. The number of benzene rings is 1. The fourth-order valence-electron chi connectivity index (χ4n) is 3.29. The molecule has 10 heteroatoms. The lowest BCUT2D eigenvalue weighted by Crippen LogP contribution is -2.51. The van der Waals surface area contributed by atoms with E-state index in [0.717, 1.165) is 6.07 Å². The van der Waals surface area contributed by atoms with Crippen molar-refractivity contribution < 1.29 is 18.4 Å². The van der Waals surface area contributed by atoms with Crippen LogP contribution in [0.1, 0.15) is 24.0 Å². The lowest BCUT2D eigenvalue weighted by Gasteiger charge is -2.18. The summed E-state index contributed by atoms with van der Waals surface area (Å²) in [6, 6.07) is 3.03. The summed E-state index contributed by atoms with van der Waals surface area (Å²) in [5.74, 6) is -2.66. The van der Waals surface area contributed by atoms with Crippen LogP contribution < -0.4 is 16.3 Å². The van der Waals surface area contributed by atoms with E-state index < -0.39 is 35.2 Å². The number of hydrazine groups is 1. The third-order valence-electron chi connectivity index (χ3n) is 4.88. The van der Waals surface area contributed by atoms with Gasteiger partial charge in [-0.1, -0.05) is 0 Å². The Kier molecular flexibility index (Phi) is 5.35. The molecule has 3 N–H and O–H groups in total. The zero-order valence-electron chi connectivity index (χ0n) is 15.0. The Morgan fingerprint density at radius 3 is 2.82 bits per heavy atom. The van der Waals surface area contributed by atoms with Crippen molar-refractivity contribution in [3.05, 3.63) is 50.2 Å². The third-order valence-corrected chi connectivity index (χ3v) is 4.88. The molecule has 1 aliphatic rings. The summed E-state index contributed by atoms with van der Waals surface area (Å²) in [4.78, 5) is 39.3. The van der Waals surface area contributed by atoms with Gasteiger partial charge in [-0.2, -0.15) is 5.26 Å². The van der Waals surface area contributed by atoms with Gasteiger partial charge in [0.2, 0.25) is 5.91 Å². The van der Waals surface area contributed by atoms with Crippen LogP contribution >= 0.6 is 0 Å². The lowest BCUT2D eigenvalue weighted by molar-refractivity contribution is -0.652. The predicted octanol–water partition coefficient (Wildman–Crippen LogP) is 1.11. The molecule has 0 spiro atoms. The minimum Gasteiger partial charge on any atom is -0.349 e. The number of hydrogen-bond acceptors (Lipinski definition) is 4. The molecule has 0 saturated carbocycles. The van der Waals surface area contributed by atoms with E-state index in [4.69, 9.17) is 5.26 Å². The highest BCUT2D eigenvalue weighted by atomic mass is 19.2. The minimum absolute atomic E-state index is 0.0276. The van der Waals surface area contributed by atoms with Gasteiger partial charge in [0.25, 0.3) is 11.6 Å². The fraction of sp³-hybridized carbons (Fsp3) is 0.389. The molecule has 2 unspecified atom stereocenters. The topological polar surface area (TPSA) is 118 Å². The molecule has 146 valence electrons. The first-order valence-corrected chi connectivity index (χ1v) is 8.70. The molecule has 1 saturated heterocycles. The summed E-state index contributed by atoms with van der Waals surface area (Å²) >= 11 is 0. The van der Waals surface area contributed by atoms with Crippen molar-refractivity contribution in [2.24, 2.45) is 0 Å². The molecule has 3 rings (SSSR count). The summed E-state index contributed by atoms with van der Waals surface area (Å²) in [7, 11) is 0. The largest absolute Gasteiger partial charge is 0.349 e. The normalized spacial score (nSPS) is 19.1. The molecule has 1 fully saturated rings. The number of H-pyrrole nitrogens is 1. The second-order valence-corrected chi connectivity index (χ2v) is 6.69. The fourth-order valence-corrected chi connectivity index (χ4v) is 3.29. The zero-order chi connectivity index (χ0) is 20.4. The Morgan fingerprint density at radius 1 is 1.39 bits per heavy atom. The van der Waals surface area contributed by atoms with Gasteiger partial charge in [0.1, 0.15) is 4.87 Å². The van der Waals surface area contributed by atoms with Crippen molar-refractivity contribution in [3.63, 3.8) is 0 Å². The van der Waals surface area contributed by atoms with Gasteiger partial charge < -0.3 is 10.3 Å². The number of aryl methyl sites for hydroxylation is 1. The van der Waals surface area contributed by atoms with Crippen LogP contribution in [0.5, 0.6) is 0 Å². The number of hydrogen-bond donors (Lipinski definition) is 3. The molecule has 2 aromatic rings. The van der Waals surface area contributed by atoms with E-state index in [1.54, 1.807) is 0 Å². The van der Waals surface area contributed by atoms with Gasteiger partial charge in [-0.3, -0.25) is 9.59 Å². The van der Waals surface area contributed by atoms with E-state index in [2.05, 4.69) is 15.7 Å². The van der Waals surface area contributed by atoms with Gasteiger partial charge in [-0.05, 0) is 31.0 Å². The molecule has 0 radical (unpaired) electrons. The second kappa shape index (κ2) is 7.72. The van der Waals surface area contributed by atoms with E-state index in [9.17, 15) is 23.3 Å². The number of nitrogens with zero attached hydrogens (tertiary/aromatic N) is 2. The first-order valence-electron chi connectivity index (χ1n) is 8.70. The number of aromatic amines is 1. The molecular weight excluding hydrogens is 372 g/mol. The van der Waals surface area contributed by atoms with Crippen LogP contribution in [-0.2, 0) is 11.2 Å². The van der Waals surface area contributed by atoms with Crippen LogP contribution in [0.4, 0.5) is 8.78 Å². The molecule has 0 bridgehead atoms. The number of carbonyl (C=O) groups excluding carboxylic acids is 1. The van der Waals surface area contributed by atoms with Gasteiger partial charge in [0.05, 0.1) is 29.5 Å². The average Bonchev–Trinajstić information content (AvgIpc) is 2.66. The van der Waals surface area contributed by atoms with E-state index >= 15 is 0 Å². The summed E-state index contributed by atoms with van der Waals surface area (Å²) < 4.78 is 27.7. The monoisotopic (exact) mass is 390 g/mol. The summed E-state index contributed by atoms with van der Waals surface area (Å²) in [6.45, 7) is 1.48. The first-order chi connectivity index (χ1) is 13.3. The minimum atomic E-state index is -1.09. The molecule has 1 amide bonds. The van der Waals surface area contributed by atoms with Crippen LogP contribution in [0, 0.1) is 34.8 Å². The number of pyridine rings is 1. The van der Waals surface area contributed by atoms with E-state index in [0.29, 0.717) is 17.7 Å². The maximum absolute atomic E-state index is 14.1. The molecule has 0 aliphatic carbocycles. The van der Waals surface area contributed by atoms with Gasteiger partial charge >= 0.3 is 0 Å². The van der Waals surface area contributed by atoms with Crippen molar-refractivity contribution in [2.45, 2.75) is 38.3 Å². The van der Waals surface area contributed by atoms with E-state index in [-0.39, 0.29) is 35.0 Å². The number of carbonyl (C=O) groups is 1. The van der Waals surface area contributed by atoms with Gasteiger partial charge in [0.15, 0.2) is 17.7 Å². The van der Waals surface area contributed by atoms with Gasteiger partial charge in [-0.15, -0.1) is 5.43 Å². The molecule has 1 aromatic heterocycles. The van der Waals surface area contributed by atoms with Crippen LogP contribution in [0.2, 0.25) is 0 Å². The van der Waals surface area contributed by atoms with Gasteiger partial charge in [0, 0.05) is 17.4 Å². The van der Waals surface area contributed by atoms with Crippen LogP contribution in [0.3, 0.4) is 0 Å². The van der Waals surface area contributed by atoms with Crippen LogP contribution in [0.15, 0.2) is 16.9 Å². The van der Waals surface area contributed by atoms with Crippen LogP contribution in [0.25, 0.3) is 10.9 Å². The number of amides is 1. The first kappa shape index (κ1) is 19.4. The Bertz CT molecular complexity index is 1060. The highest BCUT2D eigenvalue weighted by Crippen LogP contribution is 2.23. The number of nitroso groups, excluding NO2 is 1. The molecule has 2 atom stereocenters. The molecule has 2 heterocycles. The Morgan fingerprint density at radius 2 is 2.14 bits per heavy atom. The maximum atomic E-state index is 14.1. The molecule has 28 heavy (non-hydrogen) atoms. The third kappa shape index (κ3) is 3.69. The number of aromatic nitrogens is 1. The van der Waals surface area contributed by atoms with Crippen molar-refractivity contribution >= 4 is 16.8 Å². The number of rotatable bonds is 4. The van der Waals surface area contributed by atoms with Crippen molar-refractivity contribution in [2.75, 3.05) is 6.54 Å². The Hall–Kier alpha value is -3.35. The molecule has 1 aromatic carbocycles. The molecule has 1 aliphatic heterocycles. The summed E-state index contributed by atoms with van der Waals surface area (Å²) in [5, 5.41) is 11.3. The number of nitrogens with one attached hydrogen (secondary N) is 3. The number of halogens is 2. The predicted molar refractivity (Wildman–Crippen MR) is 95.1 cm³/mol.